The quantitative estimate of drug-likeness (QED) is 0.404. The number of carbonyl (C=O) groups is 2. The molecule has 0 bridgehead atoms. The third-order valence-corrected chi connectivity index (χ3v) is 5.81. The van der Waals surface area contributed by atoms with Crippen LogP contribution < -0.4 is 9.62 Å². The first-order valence-corrected chi connectivity index (χ1v) is 11.5. The summed E-state index contributed by atoms with van der Waals surface area (Å²) in [5, 5.41) is 16.7. The normalized spacial score (nSPS) is 11.3. The van der Waals surface area contributed by atoms with Gasteiger partial charge in [-0.1, -0.05) is 13.3 Å². The third-order valence-electron chi connectivity index (χ3n) is 4.43. The number of hydrogen-bond donors (Lipinski definition) is 3. The van der Waals surface area contributed by atoms with Gasteiger partial charge in [-0.2, -0.15) is 13.2 Å². The number of alkyl halides is 3. The van der Waals surface area contributed by atoms with Crippen molar-refractivity contribution < 1.29 is 50.2 Å². The fraction of sp³-hybridized carbons (Fsp3) is 0.333. The summed E-state index contributed by atoms with van der Waals surface area (Å²) < 4.78 is 85.1. The third kappa shape index (κ3) is 8.70. The number of rotatable bonds is 9. The fourth-order valence-corrected chi connectivity index (χ4v) is 3.76. The van der Waals surface area contributed by atoms with E-state index in [-0.39, 0.29) is 11.3 Å². The number of aliphatic carboxylic acids is 1. The summed E-state index contributed by atoms with van der Waals surface area (Å²) in [4.78, 5) is 22.0. The predicted octanol–water partition coefficient (Wildman–Crippen LogP) is 4.72. The number of benzene rings is 2. The van der Waals surface area contributed by atoms with Crippen LogP contribution in [0.1, 0.15) is 37.0 Å². The first kappa shape index (κ1) is 29.6. The van der Waals surface area contributed by atoms with E-state index in [9.17, 15) is 40.3 Å². The second kappa shape index (κ2) is 12.3. The molecule has 0 saturated carbocycles. The van der Waals surface area contributed by atoms with Crippen molar-refractivity contribution in [2.75, 3.05) is 22.7 Å². The van der Waals surface area contributed by atoms with E-state index < -0.39 is 44.7 Å². The molecule has 0 amide bonds. The van der Waals surface area contributed by atoms with Crippen LogP contribution in [0.15, 0.2) is 41.3 Å². The fourth-order valence-electron chi connectivity index (χ4n) is 2.70. The SMILES string of the molecule is CCCCN(CC)c1ccc(NS(=O)(=O)c2ccc(F)c(F)c2)cc1C(=O)O.O=C(O)C(F)(F)F. The molecule has 194 valence electrons. The molecule has 0 aromatic heterocycles. The number of sulfonamides is 1. The second-order valence-electron chi connectivity index (χ2n) is 6.95. The first-order chi connectivity index (χ1) is 16.1. The number of carboxylic acids is 2. The second-order valence-corrected chi connectivity index (χ2v) is 8.64. The summed E-state index contributed by atoms with van der Waals surface area (Å²) in [6.07, 6.45) is -3.25. The topological polar surface area (TPSA) is 124 Å². The van der Waals surface area contributed by atoms with Gasteiger partial charge in [0, 0.05) is 18.8 Å². The molecule has 0 fully saturated rings. The van der Waals surface area contributed by atoms with Crippen LogP contribution in [0.5, 0.6) is 0 Å². The Labute approximate surface area is 198 Å². The van der Waals surface area contributed by atoms with Crippen molar-refractivity contribution in [3.8, 4) is 0 Å². The van der Waals surface area contributed by atoms with Crippen LogP contribution in [0, 0.1) is 11.6 Å². The van der Waals surface area contributed by atoms with E-state index in [2.05, 4.69) is 4.72 Å². The Hall–Kier alpha value is -3.42. The Morgan fingerprint density at radius 1 is 1.00 bits per heavy atom. The highest BCUT2D eigenvalue weighted by atomic mass is 32.2. The summed E-state index contributed by atoms with van der Waals surface area (Å²) in [5.74, 6) is -6.41. The first-order valence-electron chi connectivity index (χ1n) is 10.0. The Bertz CT molecular complexity index is 1160. The molecule has 14 heteroatoms. The zero-order valence-electron chi connectivity index (χ0n) is 18.6. The van der Waals surface area contributed by atoms with Gasteiger partial charge in [-0.3, -0.25) is 4.72 Å². The van der Waals surface area contributed by atoms with Crippen molar-refractivity contribution in [3.05, 3.63) is 53.6 Å². The lowest BCUT2D eigenvalue weighted by Crippen LogP contribution is -2.26. The molecule has 0 unspecified atom stereocenters. The molecule has 0 aliphatic carbocycles. The maximum Gasteiger partial charge on any atom is 0.490 e. The van der Waals surface area contributed by atoms with Gasteiger partial charge in [-0.25, -0.2) is 26.8 Å². The molecule has 8 nitrogen and oxygen atoms in total. The van der Waals surface area contributed by atoms with Gasteiger partial charge < -0.3 is 15.1 Å². The van der Waals surface area contributed by atoms with Gasteiger partial charge >= 0.3 is 18.1 Å². The summed E-state index contributed by atoms with van der Waals surface area (Å²) in [7, 11) is -4.21. The van der Waals surface area contributed by atoms with E-state index in [1.807, 2.05) is 18.7 Å². The molecule has 0 radical (unpaired) electrons. The summed E-state index contributed by atoms with van der Waals surface area (Å²) in [5.41, 5.74) is 0.445. The van der Waals surface area contributed by atoms with Crippen LogP contribution in [0.4, 0.5) is 33.3 Å². The molecular formula is C21H23F5N2O6S. The number of carboxylic acid groups (broad SMARTS) is 2. The summed E-state index contributed by atoms with van der Waals surface area (Å²) >= 11 is 0. The number of nitrogens with zero attached hydrogens (tertiary/aromatic N) is 1. The Kier molecular flexibility index (Phi) is 10.4. The molecule has 0 aliphatic heterocycles. The van der Waals surface area contributed by atoms with E-state index in [1.54, 1.807) is 0 Å². The van der Waals surface area contributed by atoms with E-state index in [0.29, 0.717) is 30.9 Å². The number of nitrogens with one attached hydrogen (secondary N) is 1. The molecule has 2 rings (SSSR count). The zero-order valence-corrected chi connectivity index (χ0v) is 19.4. The van der Waals surface area contributed by atoms with Crippen molar-refractivity contribution in [3.63, 3.8) is 0 Å². The summed E-state index contributed by atoms with van der Waals surface area (Å²) in [6.45, 7) is 5.20. The van der Waals surface area contributed by atoms with Crippen molar-refractivity contribution in [2.45, 2.75) is 37.8 Å². The highest BCUT2D eigenvalue weighted by molar-refractivity contribution is 7.92. The van der Waals surface area contributed by atoms with Gasteiger partial charge in [0.25, 0.3) is 10.0 Å². The van der Waals surface area contributed by atoms with E-state index in [1.165, 1.54) is 18.2 Å². The average molecular weight is 526 g/mol. The van der Waals surface area contributed by atoms with Gasteiger partial charge in [0.1, 0.15) is 0 Å². The predicted molar refractivity (Wildman–Crippen MR) is 117 cm³/mol. The molecule has 0 saturated heterocycles. The van der Waals surface area contributed by atoms with Crippen LogP contribution in [0.25, 0.3) is 0 Å². The van der Waals surface area contributed by atoms with Crippen LogP contribution >= 0.6 is 0 Å². The molecule has 3 N–H and O–H groups in total. The van der Waals surface area contributed by atoms with Crippen LogP contribution in [0.3, 0.4) is 0 Å². The highest BCUT2D eigenvalue weighted by Crippen LogP contribution is 2.27. The molecule has 2 aromatic rings. The largest absolute Gasteiger partial charge is 0.490 e. The van der Waals surface area contributed by atoms with E-state index >= 15 is 0 Å². The van der Waals surface area contributed by atoms with Crippen molar-refractivity contribution >= 4 is 33.3 Å². The molecule has 0 atom stereocenters. The molecule has 35 heavy (non-hydrogen) atoms. The van der Waals surface area contributed by atoms with Gasteiger partial charge in [0.2, 0.25) is 0 Å². The minimum absolute atomic E-state index is 0.0115. The molecule has 0 heterocycles. The smallest absolute Gasteiger partial charge is 0.478 e. The zero-order chi connectivity index (χ0) is 27.0. The summed E-state index contributed by atoms with van der Waals surface area (Å²) in [6, 6.07) is 6.39. The minimum Gasteiger partial charge on any atom is -0.478 e. The lowest BCUT2D eigenvalue weighted by molar-refractivity contribution is -0.192. The Balaban J connectivity index is 0.000000762. The van der Waals surface area contributed by atoms with Gasteiger partial charge in [-0.15, -0.1) is 0 Å². The highest BCUT2D eigenvalue weighted by Gasteiger charge is 2.38. The average Bonchev–Trinajstić information content (AvgIpc) is 2.76. The molecule has 0 aliphatic rings. The van der Waals surface area contributed by atoms with Gasteiger partial charge in [0.05, 0.1) is 16.1 Å². The molecular weight excluding hydrogens is 503 g/mol. The van der Waals surface area contributed by atoms with Gasteiger partial charge in [0.15, 0.2) is 11.6 Å². The number of anilines is 2. The van der Waals surface area contributed by atoms with Crippen molar-refractivity contribution in [1.29, 1.82) is 0 Å². The number of hydrogen-bond acceptors (Lipinski definition) is 5. The maximum atomic E-state index is 13.4. The standard InChI is InChI=1S/C19H22F2N2O4S.C2HF3O2/c1-3-5-10-23(4-2)18-9-6-13(11-15(18)19(24)25)22-28(26,27)14-7-8-16(20)17(21)12-14;3-2(4,5)1(6)7/h6-9,11-12,22H,3-5,10H2,1-2H3,(H,24,25);(H,6,7). The number of aromatic carboxylic acids is 1. The number of halogens is 5. The van der Waals surface area contributed by atoms with E-state index in [4.69, 9.17) is 9.90 Å². The van der Waals surface area contributed by atoms with E-state index in [0.717, 1.165) is 18.9 Å². The minimum atomic E-state index is -5.08. The Morgan fingerprint density at radius 3 is 2.06 bits per heavy atom. The lowest BCUT2D eigenvalue weighted by atomic mass is 10.1. The number of unbranched alkanes of at least 4 members (excludes halogenated alkanes) is 1. The van der Waals surface area contributed by atoms with Crippen molar-refractivity contribution in [1.82, 2.24) is 0 Å². The lowest BCUT2D eigenvalue weighted by Gasteiger charge is -2.25. The van der Waals surface area contributed by atoms with Gasteiger partial charge in [-0.05, 0) is 49.7 Å². The molecule has 0 spiro atoms. The Morgan fingerprint density at radius 2 is 1.60 bits per heavy atom. The van der Waals surface area contributed by atoms with Crippen LogP contribution in [-0.2, 0) is 14.8 Å². The monoisotopic (exact) mass is 526 g/mol. The van der Waals surface area contributed by atoms with Crippen LogP contribution in [0.2, 0.25) is 0 Å². The molecule has 2 aromatic carbocycles. The van der Waals surface area contributed by atoms with Crippen LogP contribution in [-0.4, -0.2) is 49.8 Å². The van der Waals surface area contributed by atoms with Crippen molar-refractivity contribution in [2.24, 2.45) is 0 Å². The maximum absolute atomic E-state index is 13.4.